The molecule has 12 aromatic rings. The normalized spacial score (nSPS) is 13.3. The summed E-state index contributed by atoms with van der Waals surface area (Å²) in [6.07, 6.45) is 8.44. The number of imidazole rings is 2. The molecule has 15 rings (SSSR count). The number of H-pyrrole nitrogens is 2. The number of benzene rings is 5. The third kappa shape index (κ3) is 25.2. The number of hydrogen-bond acceptors (Lipinski definition) is 25. The maximum absolute atomic E-state index is 12.7. The molecule has 7 aromatic heterocycles. The van der Waals surface area contributed by atoms with Crippen molar-refractivity contribution in [2.75, 3.05) is 63.5 Å². The maximum atomic E-state index is 12.7. The van der Waals surface area contributed by atoms with Gasteiger partial charge < -0.3 is 57.3 Å². The zero-order valence-corrected chi connectivity index (χ0v) is 79.7. The Balaban J connectivity index is 0.000000175. The molecule has 37 heteroatoms. The van der Waals surface area contributed by atoms with E-state index in [1.807, 2.05) is 133 Å². The summed E-state index contributed by atoms with van der Waals surface area (Å²) in [5.74, 6) is 6.52. The second kappa shape index (κ2) is 45.8. The molecule has 0 spiro atoms. The number of rotatable bonds is 24. The van der Waals surface area contributed by atoms with Crippen LogP contribution in [0, 0.1) is 48.5 Å². The summed E-state index contributed by atoms with van der Waals surface area (Å²) < 4.78 is 152. The Morgan fingerprint density at radius 2 is 0.863 bits per heavy atom. The molecule has 2 N–H and O–H groups in total. The number of nitrogens with zero attached hydrogens (tertiary/aromatic N) is 10. The van der Waals surface area contributed by atoms with E-state index >= 15 is 0 Å². The zero-order valence-electron chi connectivity index (χ0n) is 71.6. The molecule has 10 heterocycles. The summed E-state index contributed by atoms with van der Waals surface area (Å²) in [6.45, 7) is 13.4. The van der Waals surface area contributed by atoms with Gasteiger partial charge in [-0.15, -0.1) is 13.2 Å². The number of para-hydroxylation sites is 3. The van der Waals surface area contributed by atoms with Crippen molar-refractivity contribution in [3.63, 3.8) is 0 Å². The standard InChI is InChI=1S/C19H20N2O3S.2C18H20N2O3S.C17H19N3O4S.C15H12F3N3O2S.2Na/c1-14-17(20-9-8-18(14)24-11-5-10-23-2)13-25(22)19-12-15-6-3-4-7-16(15)21-19;2*1-11-9-19-16(12(2)18(11)23-4)10-24(21)17-7-13-5-6-14(22-3)8-15(13)20-17;1-10-14(18-8-15(23-3)16(10)24-4)9-25(21)17-19-12-6-5-11(22-2)7-13(12)20-17;1-9-7-19-10(6-13(9)23-15(16,17)18)8-24(22)14-20-11-4-2-3-5-12(11)21-14;;/h3-10H,11-13H2,1-2H3;2*5-6,8-9H,7,10H2,1-4H3;5-8H,9H2,1-4H3,(H,19,20);2-7H,8H2,1H3,(H,20,21);;/q;;;;;2*+1/b10-5-;;;;;;. The van der Waals surface area contributed by atoms with Gasteiger partial charge in [0.2, 0.25) is 0 Å². The third-order valence-electron chi connectivity index (χ3n) is 19.4. The summed E-state index contributed by atoms with van der Waals surface area (Å²) in [6, 6.07) is 35.0. The number of hydrogen-bond donors (Lipinski definition) is 2. The molecule has 0 saturated heterocycles. The molecule has 0 saturated carbocycles. The number of aromatic amines is 2. The van der Waals surface area contributed by atoms with E-state index in [0.717, 1.165) is 136 Å². The fraction of sp³-hybridized carbons (Fsp3) is 0.287. The van der Waals surface area contributed by atoms with E-state index < -0.39 is 60.4 Å². The molecule has 3 aliphatic rings. The average Bonchev–Trinajstić information content (AvgIpc) is 1.70. The fourth-order valence-corrected chi connectivity index (χ4v) is 18.6. The minimum atomic E-state index is -4.79. The Labute approximate surface area is 773 Å². The van der Waals surface area contributed by atoms with Gasteiger partial charge in [0.15, 0.2) is 21.8 Å². The maximum Gasteiger partial charge on any atom is 1.00 e. The number of alkyl halides is 3. The Hall–Kier alpha value is -9.92. The molecule has 27 nitrogen and oxygen atoms in total. The number of nitrogens with one attached hydrogen (secondary N) is 2. The molecule has 3 aliphatic heterocycles. The first kappa shape index (κ1) is 97.9. The summed E-state index contributed by atoms with van der Waals surface area (Å²) in [4.78, 5) is 49.8. The Kier molecular flexibility index (Phi) is 36.2. The summed E-state index contributed by atoms with van der Waals surface area (Å²) in [7, 11) is 6.26. The van der Waals surface area contributed by atoms with Gasteiger partial charge in [-0.25, -0.2) is 24.9 Å². The van der Waals surface area contributed by atoms with Gasteiger partial charge in [0, 0.05) is 107 Å². The molecule has 0 fully saturated rings. The predicted molar refractivity (Wildman–Crippen MR) is 468 cm³/mol. The van der Waals surface area contributed by atoms with E-state index in [9.17, 15) is 34.2 Å². The van der Waals surface area contributed by atoms with Crippen LogP contribution in [-0.4, -0.2) is 151 Å². The van der Waals surface area contributed by atoms with Crippen LogP contribution in [0.25, 0.3) is 22.1 Å². The number of aliphatic imine (C=N–C) groups is 3. The van der Waals surface area contributed by atoms with Crippen molar-refractivity contribution in [1.29, 1.82) is 0 Å². The molecule has 5 unspecified atom stereocenters. The van der Waals surface area contributed by atoms with Crippen molar-refractivity contribution in [1.82, 2.24) is 44.9 Å². The van der Waals surface area contributed by atoms with E-state index in [-0.39, 0.29) is 92.8 Å². The number of methoxy groups -OCH3 is 8. The topological polar surface area (TPSA) is 337 Å². The van der Waals surface area contributed by atoms with E-state index in [2.05, 4.69) is 64.6 Å². The number of halogens is 3. The number of fused-ring (bicyclic) bond motifs is 5. The molecule has 0 amide bonds. The SMILES string of the molecule is CO/C=C\COc1ccnc(CS(=O)C2=Nc3ccccc3C2)c1C.COc1ccc2c(c1)N=C(S(=O)Cc1ncc(C)c(OC)c1C)C2.COc1ccc2c(c1)N=C(S(=O)Cc1ncc(C)c(OC)c1C)C2.COc1ccc2nc(S(=O)Cc3ncc(OC)c(OC)c3C)[nH]c2c1.Cc1cnc(CS(=O)c2nc3ccccc3[nH]2)cc1OC(F)(F)F.[Na+].[Na+]. The largest absolute Gasteiger partial charge is 1.00 e. The second-order valence-electron chi connectivity index (χ2n) is 27.4. The van der Waals surface area contributed by atoms with Crippen LogP contribution in [0.15, 0.2) is 184 Å². The minimum Gasteiger partial charge on any atom is -0.505 e. The van der Waals surface area contributed by atoms with E-state index in [4.69, 9.17) is 42.6 Å². The van der Waals surface area contributed by atoms with E-state index in [1.165, 1.54) is 13.1 Å². The monoisotopic (exact) mass is 1810 g/mol. The first-order valence-corrected chi connectivity index (χ1v) is 44.3. The quantitative estimate of drug-likeness (QED) is 0.0419. The molecular formula is C87H91F3N12Na2O15S5+2. The van der Waals surface area contributed by atoms with Crippen LogP contribution in [-0.2, 0) is 107 Å². The molecule has 0 radical (unpaired) electrons. The van der Waals surface area contributed by atoms with Crippen molar-refractivity contribution < 1.29 is 141 Å². The van der Waals surface area contributed by atoms with Crippen molar-refractivity contribution in [2.24, 2.45) is 15.0 Å². The van der Waals surface area contributed by atoms with Crippen molar-refractivity contribution in [3.05, 3.63) is 243 Å². The number of aromatic nitrogens is 9. The summed E-state index contributed by atoms with van der Waals surface area (Å²) in [5.41, 5.74) is 17.8. The molecule has 640 valence electrons. The van der Waals surface area contributed by atoms with Crippen LogP contribution in [0.4, 0.5) is 30.2 Å². The minimum absolute atomic E-state index is 0. The summed E-state index contributed by atoms with van der Waals surface area (Å²) >= 11 is 0. The van der Waals surface area contributed by atoms with Gasteiger partial charge in [-0.2, -0.15) is 0 Å². The second-order valence-corrected chi connectivity index (χ2v) is 34.5. The zero-order chi connectivity index (χ0) is 87.5. The van der Waals surface area contributed by atoms with Gasteiger partial charge in [-0.05, 0) is 120 Å². The molecule has 124 heavy (non-hydrogen) atoms. The van der Waals surface area contributed by atoms with Crippen LogP contribution in [0.1, 0.15) is 84.1 Å². The third-order valence-corrected chi connectivity index (χ3v) is 25.6. The number of aryl methyl sites for hydroxylation is 3. The molecule has 0 bridgehead atoms. The first-order valence-electron chi connectivity index (χ1n) is 37.7. The van der Waals surface area contributed by atoms with Gasteiger partial charge in [-0.3, -0.25) is 46.0 Å². The van der Waals surface area contributed by atoms with E-state index in [0.29, 0.717) is 91.9 Å². The van der Waals surface area contributed by atoms with Crippen molar-refractivity contribution >= 4 is 108 Å². The van der Waals surface area contributed by atoms with Gasteiger partial charge in [0.1, 0.15) is 62.0 Å². The van der Waals surface area contributed by atoms with Crippen molar-refractivity contribution in [3.8, 4) is 51.7 Å². The Morgan fingerprint density at radius 1 is 0.411 bits per heavy atom. The Morgan fingerprint density at radius 3 is 1.38 bits per heavy atom. The van der Waals surface area contributed by atoms with Crippen LogP contribution in [0.2, 0.25) is 0 Å². The van der Waals surface area contributed by atoms with Gasteiger partial charge in [0.05, 0.1) is 220 Å². The average molecular weight is 1810 g/mol. The molecule has 5 aromatic carbocycles. The number of pyridine rings is 5. The van der Waals surface area contributed by atoms with Crippen LogP contribution < -0.4 is 102 Å². The van der Waals surface area contributed by atoms with Gasteiger partial charge >= 0.3 is 65.5 Å². The predicted octanol–water partition coefficient (Wildman–Crippen LogP) is 10.0. The first-order chi connectivity index (χ1) is 58.6. The van der Waals surface area contributed by atoms with Crippen LogP contribution >= 0.6 is 0 Å². The summed E-state index contributed by atoms with van der Waals surface area (Å²) in [5, 5.41) is 2.71. The molecule has 0 aliphatic carbocycles. The van der Waals surface area contributed by atoms with E-state index in [1.54, 1.807) is 112 Å². The number of ether oxygens (including phenoxy) is 10. The molecule has 5 atom stereocenters. The molecular weight excluding hydrogens is 1720 g/mol. The van der Waals surface area contributed by atoms with Gasteiger partial charge in [0.25, 0.3) is 0 Å². The Bertz CT molecular complexity index is 5920. The smallest absolute Gasteiger partial charge is 0.505 e. The fourth-order valence-electron chi connectivity index (χ4n) is 12.9. The van der Waals surface area contributed by atoms with Crippen LogP contribution in [0.3, 0.4) is 0 Å². The van der Waals surface area contributed by atoms with Crippen LogP contribution in [0.5, 0.6) is 51.7 Å². The van der Waals surface area contributed by atoms with Gasteiger partial charge in [-0.1, -0.05) is 42.5 Å². The van der Waals surface area contributed by atoms with Crippen molar-refractivity contribution in [2.45, 2.75) is 113 Å².